The molecular weight excluding hydrogens is 244 g/mol. The third-order valence-corrected chi connectivity index (χ3v) is 4.18. The molecule has 106 valence electrons. The van der Waals surface area contributed by atoms with Crippen molar-refractivity contribution >= 4 is 0 Å². The first-order valence-electron chi connectivity index (χ1n) is 7.44. The first-order valence-corrected chi connectivity index (χ1v) is 7.44. The van der Waals surface area contributed by atoms with E-state index in [-0.39, 0.29) is 0 Å². The van der Waals surface area contributed by atoms with Gasteiger partial charge in [-0.1, -0.05) is 62.4 Å². The highest BCUT2D eigenvalue weighted by Gasteiger charge is 2.11. The minimum absolute atomic E-state index is 0.429. The molecule has 0 amide bonds. The zero-order valence-electron chi connectivity index (χ0n) is 12.6. The molecule has 2 unspecified atom stereocenters. The van der Waals surface area contributed by atoms with E-state index in [1.54, 1.807) is 0 Å². The van der Waals surface area contributed by atoms with E-state index in [4.69, 9.17) is 0 Å². The Morgan fingerprint density at radius 2 is 1.55 bits per heavy atom. The zero-order chi connectivity index (χ0) is 14.5. The van der Waals surface area contributed by atoms with Gasteiger partial charge < -0.3 is 5.11 Å². The van der Waals surface area contributed by atoms with E-state index in [0.717, 1.165) is 12.0 Å². The minimum atomic E-state index is -0.429. The van der Waals surface area contributed by atoms with Crippen molar-refractivity contribution in [2.75, 3.05) is 0 Å². The van der Waals surface area contributed by atoms with Crippen molar-refractivity contribution in [3.63, 3.8) is 0 Å². The highest BCUT2D eigenvalue weighted by Crippen LogP contribution is 2.24. The first-order chi connectivity index (χ1) is 9.61. The largest absolute Gasteiger partial charge is 0.388 e. The first kappa shape index (κ1) is 14.8. The monoisotopic (exact) mass is 268 g/mol. The number of hydrogen-bond donors (Lipinski definition) is 1. The van der Waals surface area contributed by atoms with Gasteiger partial charge in [-0.05, 0) is 41.5 Å². The Morgan fingerprint density at radius 3 is 2.15 bits per heavy atom. The van der Waals surface area contributed by atoms with Crippen LogP contribution in [0, 0.1) is 6.92 Å². The van der Waals surface area contributed by atoms with Gasteiger partial charge in [0.25, 0.3) is 0 Å². The fourth-order valence-electron chi connectivity index (χ4n) is 2.45. The van der Waals surface area contributed by atoms with Crippen LogP contribution in [0.2, 0.25) is 0 Å². The number of hydrogen-bond acceptors (Lipinski definition) is 1. The second-order valence-electron chi connectivity index (χ2n) is 5.62. The van der Waals surface area contributed by atoms with Gasteiger partial charge in [0.2, 0.25) is 0 Å². The van der Waals surface area contributed by atoms with E-state index in [9.17, 15) is 5.11 Å². The molecule has 0 spiro atoms. The molecule has 2 aromatic rings. The molecule has 0 aliphatic rings. The third kappa shape index (κ3) is 3.49. The van der Waals surface area contributed by atoms with Crippen molar-refractivity contribution in [2.24, 2.45) is 0 Å². The topological polar surface area (TPSA) is 20.2 Å². The summed E-state index contributed by atoms with van der Waals surface area (Å²) in [7, 11) is 0. The molecule has 1 nitrogen and oxygen atoms in total. The molecule has 2 atom stereocenters. The molecule has 20 heavy (non-hydrogen) atoms. The lowest BCUT2D eigenvalue weighted by molar-refractivity contribution is 0.178. The molecule has 0 bridgehead atoms. The lowest BCUT2D eigenvalue weighted by Crippen LogP contribution is -2.03. The van der Waals surface area contributed by atoms with Gasteiger partial charge in [0.15, 0.2) is 0 Å². The van der Waals surface area contributed by atoms with E-state index in [1.165, 1.54) is 16.7 Å². The Hall–Kier alpha value is -1.60. The maximum atomic E-state index is 10.4. The Morgan fingerprint density at radius 1 is 0.950 bits per heavy atom. The summed E-state index contributed by atoms with van der Waals surface area (Å²) in [6, 6.07) is 16.7. The van der Waals surface area contributed by atoms with E-state index >= 15 is 0 Å². The van der Waals surface area contributed by atoms with E-state index in [2.05, 4.69) is 57.2 Å². The van der Waals surface area contributed by atoms with Crippen LogP contribution in [0.5, 0.6) is 0 Å². The molecule has 1 heteroatoms. The van der Waals surface area contributed by atoms with Crippen molar-refractivity contribution in [1.82, 2.24) is 0 Å². The SMILES string of the molecule is CCC(C)c1ccc(C(O)Cc2ccccc2C)cc1. The summed E-state index contributed by atoms with van der Waals surface area (Å²) in [5.41, 5.74) is 4.80. The van der Waals surface area contributed by atoms with Gasteiger partial charge in [-0.3, -0.25) is 0 Å². The van der Waals surface area contributed by atoms with E-state index in [0.29, 0.717) is 12.3 Å². The highest BCUT2D eigenvalue weighted by molar-refractivity contribution is 5.30. The Balaban J connectivity index is 2.10. The Bertz CT molecular complexity index is 542. The Kier molecular flexibility index (Phi) is 4.97. The van der Waals surface area contributed by atoms with Crippen LogP contribution in [0.4, 0.5) is 0 Å². The van der Waals surface area contributed by atoms with Crippen LogP contribution in [-0.4, -0.2) is 5.11 Å². The zero-order valence-corrected chi connectivity index (χ0v) is 12.6. The predicted molar refractivity (Wildman–Crippen MR) is 85.0 cm³/mol. The molecule has 1 N–H and O–H groups in total. The van der Waals surface area contributed by atoms with Crippen LogP contribution in [0.3, 0.4) is 0 Å². The van der Waals surface area contributed by atoms with Gasteiger partial charge in [0.1, 0.15) is 0 Å². The molecule has 0 saturated heterocycles. The van der Waals surface area contributed by atoms with Crippen LogP contribution in [-0.2, 0) is 6.42 Å². The molecule has 2 aromatic carbocycles. The molecule has 0 aliphatic heterocycles. The normalized spacial score (nSPS) is 14.0. The smallest absolute Gasteiger partial charge is 0.0830 e. The van der Waals surface area contributed by atoms with Crippen molar-refractivity contribution in [2.45, 2.75) is 45.6 Å². The van der Waals surface area contributed by atoms with Gasteiger partial charge in [-0.15, -0.1) is 0 Å². The standard InChI is InChI=1S/C19H24O/c1-4-14(2)16-9-11-17(12-10-16)19(20)13-18-8-6-5-7-15(18)3/h5-12,14,19-20H,4,13H2,1-3H3. The van der Waals surface area contributed by atoms with Crippen molar-refractivity contribution in [3.8, 4) is 0 Å². The lowest BCUT2D eigenvalue weighted by Gasteiger charge is -2.15. The lowest BCUT2D eigenvalue weighted by atomic mass is 9.94. The molecule has 0 saturated carbocycles. The van der Waals surface area contributed by atoms with Crippen molar-refractivity contribution in [1.29, 1.82) is 0 Å². The highest BCUT2D eigenvalue weighted by atomic mass is 16.3. The number of aliphatic hydroxyl groups is 1. The molecule has 0 heterocycles. The van der Waals surface area contributed by atoms with Crippen molar-refractivity contribution < 1.29 is 5.11 Å². The van der Waals surface area contributed by atoms with Gasteiger partial charge in [-0.2, -0.15) is 0 Å². The number of aliphatic hydroxyl groups excluding tert-OH is 1. The van der Waals surface area contributed by atoms with Crippen LogP contribution in [0.1, 0.15) is 54.5 Å². The summed E-state index contributed by atoms with van der Waals surface area (Å²) < 4.78 is 0. The molecule has 0 fully saturated rings. The second-order valence-corrected chi connectivity index (χ2v) is 5.62. The number of benzene rings is 2. The summed E-state index contributed by atoms with van der Waals surface area (Å²) >= 11 is 0. The van der Waals surface area contributed by atoms with Crippen LogP contribution in [0.25, 0.3) is 0 Å². The van der Waals surface area contributed by atoms with Gasteiger partial charge in [0.05, 0.1) is 6.10 Å². The van der Waals surface area contributed by atoms with Crippen LogP contribution >= 0.6 is 0 Å². The molecule has 0 aromatic heterocycles. The molecule has 0 aliphatic carbocycles. The fourth-order valence-corrected chi connectivity index (χ4v) is 2.45. The molecule has 0 radical (unpaired) electrons. The van der Waals surface area contributed by atoms with Gasteiger partial charge in [0, 0.05) is 6.42 Å². The summed E-state index contributed by atoms with van der Waals surface area (Å²) in [4.78, 5) is 0. The molecule has 2 rings (SSSR count). The van der Waals surface area contributed by atoms with E-state index < -0.39 is 6.10 Å². The summed E-state index contributed by atoms with van der Waals surface area (Å²) in [6.45, 7) is 6.53. The average molecular weight is 268 g/mol. The third-order valence-electron chi connectivity index (χ3n) is 4.18. The number of aryl methyl sites for hydroxylation is 1. The van der Waals surface area contributed by atoms with Crippen LogP contribution in [0.15, 0.2) is 48.5 Å². The summed E-state index contributed by atoms with van der Waals surface area (Å²) in [5.74, 6) is 0.581. The van der Waals surface area contributed by atoms with E-state index in [1.807, 2.05) is 12.1 Å². The number of rotatable bonds is 5. The maximum Gasteiger partial charge on any atom is 0.0830 e. The van der Waals surface area contributed by atoms with Crippen LogP contribution < -0.4 is 0 Å². The van der Waals surface area contributed by atoms with Crippen molar-refractivity contribution in [3.05, 3.63) is 70.8 Å². The molecular formula is C19H24O. The summed E-state index contributed by atoms with van der Waals surface area (Å²) in [6.07, 6.45) is 1.39. The van der Waals surface area contributed by atoms with Gasteiger partial charge >= 0.3 is 0 Å². The quantitative estimate of drug-likeness (QED) is 0.827. The second kappa shape index (κ2) is 6.71. The fraction of sp³-hybridized carbons (Fsp3) is 0.368. The maximum absolute atomic E-state index is 10.4. The minimum Gasteiger partial charge on any atom is -0.388 e. The average Bonchev–Trinajstić information content (AvgIpc) is 2.49. The van der Waals surface area contributed by atoms with Gasteiger partial charge in [-0.25, -0.2) is 0 Å². The Labute approximate surface area is 122 Å². The predicted octanol–water partition coefficient (Wildman–Crippen LogP) is 4.78. The summed E-state index contributed by atoms with van der Waals surface area (Å²) in [5, 5.41) is 10.4.